The van der Waals surface area contributed by atoms with E-state index in [9.17, 15) is 14.9 Å². The molecule has 4 rings (SSSR count). The number of morpholine rings is 1. The van der Waals surface area contributed by atoms with E-state index in [1.807, 2.05) is 29.2 Å². The summed E-state index contributed by atoms with van der Waals surface area (Å²) in [7, 11) is 1.49. The highest BCUT2D eigenvalue weighted by atomic mass is 79.9. The maximum absolute atomic E-state index is 13.0. The number of methoxy groups -OCH3 is 1. The first-order chi connectivity index (χ1) is 15.0. The summed E-state index contributed by atoms with van der Waals surface area (Å²) in [5.41, 5.74) is 1.11. The van der Waals surface area contributed by atoms with Crippen LogP contribution in [0.5, 0.6) is 5.75 Å². The smallest absolute Gasteiger partial charge is 0.294 e. The monoisotopic (exact) mass is 485 g/mol. The fourth-order valence-electron chi connectivity index (χ4n) is 3.67. The molecule has 1 aliphatic rings. The Morgan fingerprint density at radius 3 is 2.65 bits per heavy atom. The van der Waals surface area contributed by atoms with Gasteiger partial charge in [-0.2, -0.15) is 0 Å². The first-order valence-electron chi connectivity index (χ1n) is 9.67. The van der Waals surface area contributed by atoms with Crippen molar-refractivity contribution in [1.29, 1.82) is 0 Å². The lowest BCUT2D eigenvalue weighted by atomic mass is 10.0. The van der Waals surface area contributed by atoms with Gasteiger partial charge in [0, 0.05) is 24.8 Å². The SMILES string of the molecule is COc1c(C(=O)Nc2ccc(N3CCOCC3)c([N+](=O)[O-])c2)cc2ccccc2c1Br. The number of halogens is 1. The number of anilines is 2. The van der Waals surface area contributed by atoms with E-state index in [4.69, 9.17) is 9.47 Å². The van der Waals surface area contributed by atoms with Gasteiger partial charge in [-0.15, -0.1) is 0 Å². The van der Waals surface area contributed by atoms with Crippen molar-refractivity contribution in [3.8, 4) is 5.75 Å². The summed E-state index contributed by atoms with van der Waals surface area (Å²) in [6, 6.07) is 14.1. The average molecular weight is 486 g/mol. The second-order valence-corrected chi connectivity index (χ2v) is 7.80. The molecule has 1 saturated heterocycles. The number of hydrogen-bond donors (Lipinski definition) is 1. The molecule has 8 nitrogen and oxygen atoms in total. The van der Waals surface area contributed by atoms with Crippen LogP contribution in [0, 0.1) is 10.1 Å². The molecule has 1 N–H and O–H groups in total. The Balaban J connectivity index is 1.67. The van der Waals surface area contributed by atoms with Crippen molar-refractivity contribution in [3.63, 3.8) is 0 Å². The van der Waals surface area contributed by atoms with Crippen LogP contribution >= 0.6 is 15.9 Å². The number of nitrogens with zero attached hydrogens (tertiary/aromatic N) is 2. The molecule has 1 aliphatic heterocycles. The second-order valence-electron chi connectivity index (χ2n) is 7.01. The number of hydrogen-bond acceptors (Lipinski definition) is 6. The van der Waals surface area contributed by atoms with Crippen LogP contribution in [0.2, 0.25) is 0 Å². The summed E-state index contributed by atoms with van der Waals surface area (Å²) in [6.45, 7) is 2.20. The minimum atomic E-state index is -0.437. The summed E-state index contributed by atoms with van der Waals surface area (Å²) < 4.78 is 11.5. The van der Waals surface area contributed by atoms with E-state index in [0.717, 1.165) is 10.8 Å². The molecular formula is C22H20BrN3O5. The van der Waals surface area contributed by atoms with Gasteiger partial charge in [-0.3, -0.25) is 14.9 Å². The normalized spacial score (nSPS) is 13.8. The van der Waals surface area contributed by atoms with Crippen molar-refractivity contribution in [2.24, 2.45) is 0 Å². The Labute approximate surface area is 187 Å². The summed E-state index contributed by atoms with van der Waals surface area (Å²) >= 11 is 3.52. The standard InChI is InChI=1S/C22H20BrN3O5/c1-30-21-17(12-14-4-2-3-5-16(14)20(21)23)22(27)24-15-6-7-18(19(13-15)26(28)29)25-8-10-31-11-9-25/h2-7,12-13H,8-11H2,1H3,(H,24,27). The molecule has 9 heteroatoms. The number of fused-ring (bicyclic) bond motifs is 1. The van der Waals surface area contributed by atoms with E-state index >= 15 is 0 Å². The minimum absolute atomic E-state index is 0.0636. The van der Waals surface area contributed by atoms with Gasteiger partial charge in [0.15, 0.2) is 0 Å². The van der Waals surface area contributed by atoms with Crippen molar-refractivity contribution in [3.05, 3.63) is 68.7 Å². The molecule has 31 heavy (non-hydrogen) atoms. The Kier molecular flexibility index (Phi) is 6.06. The van der Waals surface area contributed by atoms with Crippen LogP contribution in [-0.2, 0) is 4.74 Å². The molecule has 160 valence electrons. The molecule has 1 amide bonds. The number of carbonyl (C=O) groups is 1. The maximum Gasteiger partial charge on any atom is 0.294 e. The molecule has 0 aliphatic carbocycles. The highest BCUT2D eigenvalue weighted by molar-refractivity contribution is 9.10. The van der Waals surface area contributed by atoms with E-state index in [1.54, 1.807) is 18.2 Å². The van der Waals surface area contributed by atoms with Crippen molar-refractivity contribution < 1.29 is 19.2 Å². The molecule has 0 atom stereocenters. The third kappa shape index (κ3) is 4.19. The Hall–Kier alpha value is -3.17. The van der Waals surface area contributed by atoms with Crippen molar-refractivity contribution in [2.75, 3.05) is 43.6 Å². The van der Waals surface area contributed by atoms with Gasteiger partial charge in [-0.25, -0.2) is 0 Å². The quantitative estimate of drug-likeness (QED) is 0.418. The predicted molar refractivity (Wildman–Crippen MR) is 122 cm³/mol. The number of benzene rings is 3. The first-order valence-corrected chi connectivity index (χ1v) is 10.5. The van der Waals surface area contributed by atoms with Gasteiger partial charge in [-0.1, -0.05) is 24.3 Å². The fraction of sp³-hybridized carbons (Fsp3) is 0.227. The average Bonchev–Trinajstić information content (AvgIpc) is 2.79. The summed E-state index contributed by atoms with van der Waals surface area (Å²) in [5.74, 6) is -0.0210. The highest BCUT2D eigenvalue weighted by Gasteiger charge is 2.23. The van der Waals surface area contributed by atoms with Crippen molar-refractivity contribution >= 4 is 49.7 Å². The van der Waals surface area contributed by atoms with Gasteiger partial charge < -0.3 is 19.7 Å². The Morgan fingerprint density at radius 1 is 1.19 bits per heavy atom. The zero-order valence-corrected chi connectivity index (χ0v) is 18.3. The van der Waals surface area contributed by atoms with E-state index in [0.29, 0.717) is 53.5 Å². The molecule has 0 radical (unpaired) electrons. The Bertz CT molecular complexity index is 1160. The van der Waals surface area contributed by atoms with Crippen LogP contribution in [0.1, 0.15) is 10.4 Å². The van der Waals surface area contributed by atoms with Crippen LogP contribution in [0.3, 0.4) is 0 Å². The fourth-order valence-corrected chi connectivity index (χ4v) is 4.41. The van der Waals surface area contributed by atoms with Crippen LogP contribution in [0.25, 0.3) is 10.8 Å². The molecule has 0 saturated carbocycles. The van der Waals surface area contributed by atoms with E-state index in [-0.39, 0.29) is 5.69 Å². The lowest BCUT2D eigenvalue weighted by Crippen LogP contribution is -2.36. The van der Waals surface area contributed by atoms with Gasteiger partial charge in [0.25, 0.3) is 11.6 Å². The predicted octanol–water partition coefficient (Wildman–Crippen LogP) is 4.61. The molecule has 1 heterocycles. The number of rotatable bonds is 5. The maximum atomic E-state index is 13.0. The number of nitrogens with one attached hydrogen (secondary N) is 1. The van der Waals surface area contributed by atoms with Gasteiger partial charge in [0.2, 0.25) is 0 Å². The number of nitro benzene ring substituents is 1. The summed E-state index contributed by atoms with van der Waals surface area (Å²) in [6.07, 6.45) is 0. The third-order valence-corrected chi connectivity index (χ3v) is 5.96. The lowest BCUT2D eigenvalue weighted by Gasteiger charge is -2.28. The van der Waals surface area contributed by atoms with E-state index in [1.165, 1.54) is 13.2 Å². The zero-order valence-electron chi connectivity index (χ0n) is 16.8. The second kappa shape index (κ2) is 8.91. The van der Waals surface area contributed by atoms with E-state index < -0.39 is 10.8 Å². The highest BCUT2D eigenvalue weighted by Crippen LogP contribution is 2.37. The van der Waals surface area contributed by atoms with Crippen LogP contribution < -0.4 is 15.0 Å². The molecule has 0 aromatic heterocycles. The number of nitro groups is 1. The van der Waals surface area contributed by atoms with Crippen LogP contribution in [0.15, 0.2) is 53.0 Å². The molecule has 0 spiro atoms. The van der Waals surface area contributed by atoms with Gasteiger partial charge in [-0.05, 0) is 44.9 Å². The number of ether oxygens (including phenoxy) is 2. The summed E-state index contributed by atoms with van der Waals surface area (Å²) in [5, 5.41) is 16.2. The largest absolute Gasteiger partial charge is 0.495 e. The number of carbonyl (C=O) groups excluding carboxylic acids is 1. The molecule has 3 aromatic rings. The van der Waals surface area contributed by atoms with Crippen LogP contribution in [0.4, 0.5) is 17.1 Å². The van der Waals surface area contributed by atoms with Crippen molar-refractivity contribution in [2.45, 2.75) is 0 Å². The third-order valence-electron chi connectivity index (χ3n) is 5.17. The van der Waals surface area contributed by atoms with Crippen molar-refractivity contribution in [1.82, 2.24) is 0 Å². The van der Waals surface area contributed by atoms with Crippen LogP contribution in [-0.4, -0.2) is 44.2 Å². The molecule has 0 unspecified atom stereocenters. The summed E-state index contributed by atoms with van der Waals surface area (Å²) in [4.78, 5) is 26.2. The topological polar surface area (TPSA) is 93.9 Å². The molecular weight excluding hydrogens is 466 g/mol. The minimum Gasteiger partial charge on any atom is -0.495 e. The molecule has 1 fully saturated rings. The Morgan fingerprint density at radius 2 is 1.94 bits per heavy atom. The van der Waals surface area contributed by atoms with Gasteiger partial charge in [0.05, 0.1) is 35.3 Å². The zero-order chi connectivity index (χ0) is 22.0. The first kappa shape index (κ1) is 21.1. The van der Waals surface area contributed by atoms with Gasteiger partial charge >= 0.3 is 0 Å². The molecule has 0 bridgehead atoms. The number of amides is 1. The van der Waals surface area contributed by atoms with E-state index in [2.05, 4.69) is 21.2 Å². The lowest BCUT2D eigenvalue weighted by molar-refractivity contribution is -0.384. The molecule has 3 aromatic carbocycles. The van der Waals surface area contributed by atoms with Gasteiger partial charge in [0.1, 0.15) is 11.4 Å².